The summed E-state index contributed by atoms with van der Waals surface area (Å²) < 4.78 is 5.70. The van der Waals surface area contributed by atoms with Crippen LogP contribution in [0.4, 0.5) is 0 Å². The molecular formula is C21H29N5O3. The van der Waals surface area contributed by atoms with E-state index in [9.17, 15) is 9.90 Å². The molecule has 1 amide bonds. The number of aromatic nitrogens is 2. The van der Waals surface area contributed by atoms with Crippen molar-refractivity contribution >= 4 is 5.91 Å². The van der Waals surface area contributed by atoms with Gasteiger partial charge in [0.1, 0.15) is 5.75 Å². The number of likely N-dealkylation sites (tertiary alicyclic amines) is 2. The first-order valence-corrected chi connectivity index (χ1v) is 10.4. The SMILES string of the molecule is CCc1nnc(CN2CCCC3(C2)C(NC(=O)c2ccccc2O)CCN3C)o1. The Morgan fingerprint density at radius 1 is 1.31 bits per heavy atom. The molecule has 0 radical (unpaired) electrons. The fourth-order valence-corrected chi connectivity index (χ4v) is 4.76. The second-order valence-corrected chi connectivity index (χ2v) is 8.11. The first kappa shape index (κ1) is 19.8. The zero-order valence-electron chi connectivity index (χ0n) is 17.1. The Balaban J connectivity index is 1.49. The van der Waals surface area contributed by atoms with Gasteiger partial charge in [-0.15, -0.1) is 10.2 Å². The van der Waals surface area contributed by atoms with E-state index in [0.29, 0.717) is 23.9 Å². The van der Waals surface area contributed by atoms with Crippen LogP contribution in [0.1, 0.15) is 48.3 Å². The third-order valence-corrected chi connectivity index (χ3v) is 6.37. The van der Waals surface area contributed by atoms with Crippen molar-refractivity contribution in [2.45, 2.75) is 50.7 Å². The molecule has 2 N–H and O–H groups in total. The highest BCUT2D eigenvalue weighted by Gasteiger charge is 2.50. The van der Waals surface area contributed by atoms with E-state index in [1.54, 1.807) is 24.3 Å². The second-order valence-electron chi connectivity index (χ2n) is 8.11. The van der Waals surface area contributed by atoms with Crippen LogP contribution in [-0.2, 0) is 13.0 Å². The van der Waals surface area contributed by atoms with E-state index in [-0.39, 0.29) is 23.2 Å². The van der Waals surface area contributed by atoms with Crippen LogP contribution in [0.2, 0.25) is 0 Å². The fraction of sp³-hybridized carbons (Fsp3) is 0.571. The Labute approximate surface area is 170 Å². The zero-order chi connectivity index (χ0) is 20.4. The van der Waals surface area contributed by atoms with Gasteiger partial charge in [-0.3, -0.25) is 14.6 Å². The molecule has 2 fully saturated rings. The zero-order valence-corrected chi connectivity index (χ0v) is 17.1. The molecule has 8 heteroatoms. The molecule has 2 aliphatic rings. The van der Waals surface area contributed by atoms with Gasteiger partial charge in [-0.05, 0) is 45.0 Å². The molecular weight excluding hydrogens is 370 g/mol. The topological polar surface area (TPSA) is 94.7 Å². The van der Waals surface area contributed by atoms with Gasteiger partial charge in [-0.2, -0.15) is 0 Å². The molecule has 2 atom stereocenters. The summed E-state index contributed by atoms with van der Waals surface area (Å²) in [5.74, 6) is 1.11. The summed E-state index contributed by atoms with van der Waals surface area (Å²) in [6.45, 7) is 5.36. The number of hydrogen-bond donors (Lipinski definition) is 2. The number of likely N-dealkylation sites (N-methyl/N-ethyl adjacent to an activating group) is 1. The van der Waals surface area contributed by atoms with Gasteiger partial charge in [0.2, 0.25) is 11.8 Å². The molecule has 2 aliphatic heterocycles. The molecule has 29 heavy (non-hydrogen) atoms. The summed E-state index contributed by atoms with van der Waals surface area (Å²) in [5, 5.41) is 21.5. The molecule has 1 aromatic heterocycles. The summed E-state index contributed by atoms with van der Waals surface area (Å²) in [7, 11) is 2.14. The van der Waals surface area contributed by atoms with Crippen LogP contribution in [0.25, 0.3) is 0 Å². The van der Waals surface area contributed by atoms with Crippen LogP contribution >= 0.6 is 0 Å². The third-order valence-electron chi connectivity index (χ3n) is 6.37. The molecule has 8 nitrogen and oxygen atoms in total. The minimum atomic E-state index is -0.218. The van der Waals surface area contributed by atoms with Crippen LogP contribution in [-0.4, -0.2) is 69.3 Å². The van der Waals surface area contributed by atoms with E-state index in [4.69, 9.17) is 4.42 Å². The Bertz CT molecular complexity index is 870. The number of amides is 1. The number of para-hydroxylation sites is 1. The van der Waals surface area contributed by atoms with Crippen LogP contribution in [0.15, 0.2) is 28.7 Å². The maximum Gasteiger partial charge on any atom is 0.255 e. The lowest BCUT2D eigenvalue weighted by Crippen LogP contribution is -2.63. The Kier molecular flexibility index (Phi) is 5.56. The van der Waals surface area contributed by atoms with Gasteiger partial charge in [0, 0.05) is 25.6 Å². The van der Waals surface area contributed by atoms with Gasteiger partial charge in [0.15, 0.2) is 0 Å². The average molecular weight is 399 g/mol. The lowest BCUT2D eigenvalue weighted by molar-refractivity contribution is 0.0318. The number of benzene rings is 1. The summed E-state index contributed by atoms with van der Waals surface area (Å²) in [4.78, 5) is 17.5. The van der Waals surface area contributed by atoms with Crippen molar-refractivity contribution in [2.24, 2.45) is 0 Å². The molecule has 0 saturated carbocycles. The number of phenolic OH excluding ortho intramolecular Hbond substituents is 1. The number of nitrogens with one attached hydrogen (secondary N) is 1. The lowest BCUT2D eigenvalue weighted by Gasteiger charge is -2.47. The minimum Gasteiger partial charge on any atom is -0.507 e. The van der Waals surface area contributed by atoms with E-state index in [0.717, 1.165) is 45.3 Å². The highest BCUT2D eigenvalue weighted by atomic mass is 16.4. The van der Waals surface area contributed by atoms with Crippen molar-refractivity contribution < 1.29 is 14.3 Å². The van der Waals surface area contributed by atoms with Crippen molar-refractivity contribution in [1.29, 1.82) is 0 Å². The molecule has 4 rings (SSSR count). The molecule has 2 saturated heterocycles. The molecule has 3 heterocycles. The lowest BCUT2D eigenvalue weighted by atomic mass is 9.82. The third kappa shape index (κ3) is 3.86. The number of carbonyl (C=O) groups is 1. The number of aromatic hydroxyl groups is 1. The van der Waals surface area contributed by atoms with Gasteiger partial charge < -0.3 is 14.8 Å². The maximum absolute atomic E-state index is 12.8. The average Bonchev–Trinajstić information content (AvgIpc) is 3.28. The van der Waals surface area contributed by atoms with E-state index < -0.39 is 0 Å². The molecule has 0 aliphatic carbocycles. The Morgan fingerprint density at radius 3 is 2.86 bits per heavy atom. The van der Waals surface area contributed by atoms with Crippen LogP contribution < -0.4 is 5.32 Å². The number of nitrogens with zero attached hydrogens (tertiary/aromatic N) is 4. The van der Waals surface area contributed by atoms with Crippen LogP contribution in [0, 0.1) is 0 Å². The van der Waals surface area contributed by atoms with E-state index in [1.165, 1.54) is 0 Å². The highest BCUT2D eigenvalue weighted by molar-refractivity contribution is 5.97. The van der Waals surface area contributed by atoms with Crippen LogP contribution in [0.5, 0.6) is 5.75 Å². The Hall–Kier alpha value is -2.45. The monoisotopic (exact) mass is 399 g/mol. The molecule has 1 spiro atoms. The Morgan fingerprint density at radius 2 is 2.10 bits per heavy atom. The standard InChI is InChI=1S/C21H29N5O3/c1-3-18-23-24-19(29-18)13-26-11-6-10-21(14-26)17(9-12-25(21)2)22-20(28)15-7-4-5-8-16(15)27/h4-5,7-8,17,27H,3,6,9-14H2,1-2H3,(H,22,28). The van der Waals surface area contributed by atoms with E-state index in [2.05, 4.69) is 32.4 Å². The predicted molar refractivity (Wildman–Crippen MR) is 108 cm³/mol. The fourth-order valence-electron chi connectivity index (χ4n) is 4.76. The van der Waals surface area contributed by atoms with Crippen molar-refractivity contribution in [1.82, 2.24) is 25.3 Å². The van der Waals surface area contributed by atoms with Gasteiger partial charge in [-0.1, -0.05) is 19.1 Å². The first-order valence-electron chi connectivity index (χ1n) is 10.4. The largest absolute Gasteiger partial charge is 0.507 e. The normalized spacial score (nSPS) is 25.5. The van der Waals surface area contributed by atoms with Gasteiger partial charge >= 0.3 is 0 Å². The molecule has 0 bridgehead atoms. The van der Waals surface area contributed by atoms with E-state index in [1.807, 2.05) is 6.92 Å². The molecule has 1 aromatic carbocycles. The number of rotatable bonds is 5. The van der Waals surface area contributed by atoms with E-state index >= 15 is 0 Å². The smallest absolute Gasteiger partial charge is 0.255 e. The van der Waals surface area contributed by atoms with Crippen molar-refractivity contribution in [3.63, 3.8) is 0 Å². The molecule has 2 unspecified atom stereocenters. The maximum atomic E-state index is 12.8. The molecule has 2 aromatic rings. The quantitative estimate of drug-likeness (QED) is 0.792. The highest BCUT2D eigenvalue weighted by Crippen LogP contribution is 2.37. The van der Waals surface area contributed by atoms with Crippen LogP contribution in [0.3, 0.4) is 0 Å². The second kappa shape index (κ2) is 8.12. The van der Waals surface area contributed by atoms with Gasteiger partial charge in [-0.25, -0.2) is 0 Å². The summed E-state index contributed by atoms with van der Waals surface area (Å²) in [6, 6.07) is 6.71. The van der Waals surface area contributed by atoms with Gasteiger partial charge in [0.25, 0.3) is 5.91 Å². The van der Waals surface area contributed by atoms with Crippen molar-refractivity contribution in [3.05, 3.63) is 41.6 Å². The summed E-state index contributed by atoms with van der Waals surface area (Å²) in [6.07, 6.45) is 3.70. The molecule has 156 valence electrons. The predicted octanol–water partition coefficient (Wildman–Crippen LogP) is 1.81. The summed E-state index contributed by atoms with van der Waals surface area (Å²) >= 11 is 0. The van der Waals surface area contributed by atoms with Crippen molar-refractivity contribution in [3.8, 4) is 5.75 Å². The number of piperidine rings is 1. The number of phenols is 1. The summed E-state index contributed by atoms with van der Waals surface area (Å²) in [5.41, 5.74) is 0.189. The number of aryl methyl sites for hydroxylation is 1. The van der Waals surface area contributed by atoms with Gasteiger partial charge in [0.05, 0.1) is 17.6 Å². The first-order chi connectivity index (χ1) is 14.0. The number of carbonyl (C=O) groups excluding carboxylic acids is 1. The number of hydrogen-bond acceptors (Lipinski definition) is 7. The van der Waals surface area contributed by atoms with Crippen molar-refractivity contribution in [2.75, 3.05) is 26.7 Å². The minimum absolute atomic E-state index is 0.0128.